The number of amidine groups is 2. The fourth-order valence-corrected chi connectivity index (χ4v) is 7.45. The first-order valence-electron chi connectivity index (χ1n) is 21.7. The molecule has 8 rings (SSSR count). The lowest BCUT2D eigenvalue weighted by Gasteiger charge is -2.11. The van der Waals surface area contributed by atoms with Crippen molar-refractivity contribution in [2.45, 2.75) is 41.5 Å². The zero-order chi connectivity index (χ0) is 44.7. The van der Waals surface area contributed by atoms with Crippen LogP contribution in [0.4, 0.5) is 0 Å². The average Bonchev–Trinajstić information content (AvgIpc) is 3.31. The highest BCUT2D eigenvalue weighted by atomic mass is 14.9. The van der Waals surface area contributed by atoms with Crippen molar-refractivity contribution in [3.8, 4) is 22.3 Å². The summed E-state index contributed by atoms with van der Waals surface area (Å²) in [5.41, 5.74) is 18.2. The van der Waals surface area contributed by atoms with Crippen LogP contribution in [0.2, 0.25) is 0 Å². The van der Waals surface area contributed by atoms with Crippen molar-refractivity contribution in [1.82, 2.24) is 0 Å². The minimum Gasteiger partial charge on any atom is -0.233 e. The van der Waals surface area contributed by atoms with Crippen LogP contribution >= 0.6 is 0 Å². The van der Waals surface area contributed by atoms with Gasteiger partial charge in [0.05, 0.1) is 11.4 Å². The van der Waals surface area contributed by atoms with Crippen molar-refractivity contribution in [1.29, 1.82) is 0 Å². The van der Waals surface area contributed by atoms with Gasteiger partial charge < -0.3 is 0 Å². The van der Waals surface area contributed by atoms with Crippen LogP contribution in [0.15, 0.2) is 215 Å². The van der Waals surface area contributed by atoms with Crippen molar-refractivity contribution in [3.05, 3.63) is 251 Å². The molecule has 0 aliphatic rings. The second-order valence-corrected chi connectivity index (χ2v) is 16.6. The summed E-state index contributed by atoms with van der Waals surface area (Å²) in [7, 11) is 0. The number of fused-ring (bicyclic) bond motifs is 1. The van der Waals surface area contributed by atoms with Crippen LogP contribution in [0.5, 0.6) is 0 Å². The zero-order valence-corrected chi connectivity index (χ0v) is 37.5. The molecule has 0 atom stereocenters. The maximum absolute atomic E-state index is 5.07. The van der Waals surface area contributed by atoms with E-state index in [1.165, 1.54) is 27.6 Å². The first-order chi connectivity index (χ1) is 30.9. The molecule has 0 N–H and O–H groups in total. The van der Waals surface area contributed by atoms with E-state index in [0.717, 1.165) is 72.4 Å². The third-order valence-electron chi connectivity index (χ3n) is 11.5. The minimum absolute atomic E-state index is 0.618. The molecule has 0 saturated carbocycles. The van der Waals surface area contributed by atoms with E-state index in [0.29, 0.717) is 23.1 Å². The van der Waals surface area contributed by atoms with Crippen LogP contribution in [0, 0.1) is 27.7 Å². The Labute approximate surface area is 378 Å². The quantitative estimate of drug-likeness (QED) is 0.0974. The SMILES string of the molecule is C=C(/N=C(\N=C(/C)c1ccc(C)cc1)c1ccc(-c2ccc3ccc(-c4ccc(C(=N/C(=C)c5ccc(C)cc5)/N=C(\C)c5ccc(C)cc5)cc4)cc3c2)cc1)c1ccc(C)cc1. The standard InChI is InChI=1S/C60H52N4/c1-39-9-17-47(18-10-39)43(5)61-59(62-44(6)48-19-11-40(2)12-20-48)54-31-25-51(26-32-54)56-35-29-53-30-36-57(38-58(53)37-56)52-27-33-55(34-28-52)60(63-45(7)49-21-13-41(3)14-22-49)64-46(8)50-23-15-42(4)16-24-50/h9-38H,5,7H2,1-4,6,8H3/b61-59-,62-44+,63-60-,64-46+. The lowest BCUT2D eigenvalue weighted by atomic mass is 9.96. The Bertz CT molecular complexity index is 2900. The first-order valence-corrected chi connectivity index (χ1v) is 21.7. The molecule has 0 bridgehead atoms. The van der Waals surface area contributed by atoms with Gasteiger partial charge in [0.1, 0.15) is 0 Å². The van der Waals surface area contributed by atoms with Gasteiger partial charge in [0.15, 0.2) is 11.7 Å². The molecule has 0 aromatic heterocycles. The van der Waals surface area contributed by atoms with E-state index in [1.807, 2.05) is 13.8 Å². The molecule has 0 fully saturated rings. The topological polar surface area (TPSA) is 49.4 Å². The molecule has 0 heterocycles. The Hall–Kier alpha value is -7.82. The summed E-state index contributed by atoms with van der Waals surface area (Å²) < 4.78 is 0. The van der Waals surface area contributed by atoms with Crippen LogP contribution in [0.25, 0.3) is 44.4 Å². The second-order valence-electron chi connectivity index (χ2n) is 16.6. The van der Waals surface area contributed by atoms with Crippen LogP contribution in [0.3, 0.4) is 0 Å². The van der Waals surface area contributed by atoms with Gasteiger partial charge in [-0.1, -0.05) is 205 Å². The number of hydrogen-bond donors (Lipinski definition) is 0. The molecule has 0 radical (unpaired) electrons. The average molecular weight is 829 g/mol. The van der Waals surface area contributed by atoms with Crippen LogP contribution in [0.1, 0.15) is 69.5 Å². The number of hydrogen-bond acceptors (Lipinski definition) is 2. The zero-order valence-electron chi connectivity index (χ0n) is 37.5. The predicted molar refractivity (Wildman–Crippen MR) is 275 cm³/mol. The summed E-state index contributed by atoms with van der Waals surface area (Å²) in [6.45, 7) is 21.0. The van der Waals surface area contributed by atoms with E-state index in [1.54, 1.807) is 0 Å². The molecule has 0 amide bonds. The maximum atomic E-state index is 5.07. The largest absolute Gasteiger partial charge is 0.233 e. The third-order valence-corrected chi connectivity index (χ3v) is 11.5. The maximum Gasteiger partial charge on any atom is 0.160 e. The Kier molecular flexibility index (Phi) is 12.8. The summed E-state index contributed by atoms with van der Waals surface area (Å²) >= 11 is 0. The van der Waals surface area contributed by atoms with Crippen LogP contribution < -0.4 is 0 Å². The van der Waals surface area contributed by atoms with Gasteiger partial charge in [-0.25, -0.2) is 20.0 Å². The van der Waals surface area contributed by atoms with Gasteiger partial charge in [0.25, 0.3) is 0 Å². The minimum atomic E-state index is 0.618. The van der Waals surface area contributed by atoms with Crippen molar-refractivity contribution < 1.29 is 0 Å². The van der Waals surface area contributed by atoms with Crippen molar-refractivity contribution in [3.63, 3.8) is 0 Å². The van der Waals surface area contributed by atoms with E-state index < -0.39 is 0 Å². The summed E-state index contributed by atoms with van der Waals surface area (Å²) in [5.74, 6) is 1.24. The molecule has 0 aliphatic carbocycles. The molecular formula is C60H52N4. The fourth-order valence-electron chi connectivity index (χ4n) is 7.45. The highest BCUT2D eigenvalue weighted by Gasteiger charge is 2.12. The molecule has 4 heteroatoms. The number of rotatable bonds is 10. The Morgan fingerprint density at radius 1 is 0.297 bits per heavy atom. The summed E-state index contributed by atoms with van der Waals surface area (Å²) in [5, 5.41) is 2.34. The number of aryl methyl sites for hydroxylation is 4. The molecule has 312 valence electrons. The van der Waals surface area contributed by atoms with Crippen LogP contribution in [-0.4, -0.2) is 23.1 Å². The Morgan fingerprint density at radius 3 is 0.906 bits per heavy atom. The monoisotopic (exact) mass is 828 g/mol. The van der Waals surface area contributed by atoms with E-state index in [9.17, 15) is 0 Å². The second kappa shape index (κ2) is 19.1. The first kappa shape index (κ1) is 42.9. The van der Waals surface area contributed by atoms with Gasteiger partial charge in [-0.15, -0.1) is 0 Å². The smallest absolute Gasteiger partial charge is 0.160 e. The summed E-state index contributed by atoms with van der Waals surface area (Å²) in [6.07, 6.45) is 0. The normalized spacial score (nSPS) is 12.4. The molecule has 64 heavy (non-hydrogen) atoms. The number of nitrogens with zero attached hydrogens (tertiary/aromatic N) is 4. The van der Waals surface area contributed by atoms with Gasteiger partial charge in [-0.2, -0.15) is 0 Å². The molecular weight excluding hydrogens is 777 g/mol. The molecule has 8 aromatic carbocycles. The van der Waals surface area contributed by atoms with Crippen LogP contribution in [-0.2, 0) is 0 Å². The molecule has 0 spiro atoms. The lowest BCUT2D eigenvalue weighted by Crippen LogP contribution is -2.04. The summed E-state index contributed by atoms with van der Waals surface area (Å²) in [6, 6.07) is 63.7. The van der Waals surface area contributed by atoms with Crippen molar-refractivity contribution >= 4 is 45.3 Å². The van der Waals surface area contributed by atoms with E-state index in [4.69, 9.17) is 20.0 Å². The lowest BCUT2D eigenvalue weighted by molar-refractivity contribution is 1.41. The predicted octanol–water partition coefficient (Wildman–Crippen LogP) is 15.3. The van der Waals surface area contributed by atoms with Gasteiger partial charge in [0, 0.05) is 22.6 Å². The van der Waals surface area contributed by atoms with E-state index in [2.05, 4.69) is 223 Å². The summed E-state index contributed by atoms with van der Waals surface area (Å²) in [4.78, 5) is 20.1. The van der Waals surface area contributed by atoms with Gasteiger partial charge in [-0.3, -0.25) is 0 Å². The Balaban J connectivity index is 1.08. The third kappa shape index (κ3) is 10.3. The molecule has 8 aromatic rings. The molecule has 0 saturated heterocycles. The molecule has 4 nitrogen and oxygen atoms in total. The van der Waals surface area contributed by atoms with Crippen molar-refractivity contribution in [2.75, 3.05) is 0 Å². The van der Waals surface area contributed by atoms with Gasteiger partial charge in [0.2, 0.25) is 0 Å². The highest BCUT2D eigenvalue weighted by molar-refractivity contribution is 6.14. The number of benzene rings is 8. The Morgan fingerprint density at radius 2 is 0.578 bits per heavy atom. The van der Waals surface area contributed by atoms with Gasteiger partial charge >= 0.3 is 0 Å². The fraction of sp³-hybridized carbons (Fsp3) is 0.100. The van der Waals surface area contributed by atoms with E-state index >= 15 is 0 Å². The van der Waals surface area contributed by atoms with E-state index in [-0.39, 0.29) is 0 Å². The van der Waals surface area contributed by atoms with Gasteiger partial charge in [-0.05, 0) is 109 Å². The molecule has 0 aliphatic heterocycles. The highest BCUT2D eigenvalue weighted by Crippen LogP contribution is 2.30. The van der Waals surface area contributed by atoms with Crippen molar-refractivity contribution in [2.24, 2.45) is 20.0 Å². The number of aliphatic imine (C=N–C) groups is 4. The molecule has 0 unspecified atom stereocenters.